The molecule has 2 rings (SSSR count). The molecule has 1 saturated carbocycles. The highest BCUT2D eigenvalue weighted by Gasteiger charge is 2.26. The number of nitrogens with zero attached hydrogens (tertiary/aromatic N) is 1. The number of aryl methyl sites for hydroxylation is 1. The minimum absolute atomic E-state index is 0.124. The molecule has 1 aromatic carbocycles. The lowest BCUT2D eigenvalue weighted by atomic mass is 9.91. The summed E-state index contributed by atoms with van der Waals surface area (Å²) in [7, 11) is 0. The van der Waals surface area contributed by atoms with Crippen molar-refractivity contribution in [3.8, 4) is 0 Å². The fraction of sp³-hybridized carbons (Fsp3) is 0.588. The summed E-state index contributed by atoms with van der Waals surface area (Å²) in [5.74, 6) is 0.161. The van der Waals surface area contributed by atoms with E-state index in [-0.39, 0.29) is 12.4 Å². The number of ketones is 1. The highest BCUT2D eigenvalue weighted by Crippen LogP contribution is 2.24. The van der Waals surface area contributed by atoms with E-state index in [1.54, 1.807) is 0 Å². The smallest absolute Gasteiger partial charge is 0.176 e. The highest BCUT2D eigenvalue weighted by molar-refractivity contribution is 5.97. The van der Waals surface area contributed by atoms with Gasteiger partial charge in [-0.05, 0) is 24.8 Å². The second-order valence-corrected chi connectivity index (χ2v) is 5.65. The molecule has 0 saturated heterocycles. The van der Waals surface area contributed by atoms with E-state index in [0.717, 1.165) is 31.2 Å². The molecule has 1 aromatic rings. The van der Waals surface area contributed by atoms with Crippen LogP contribution >= 0.6 is 0 Å². The Balaban J connectivity index is 1.94. The van der Waals surface area contributed by atoms with Gasteiger partial charge in [0.2, 0.25) is 0 Å². The second kappa shape index (κ2) is 7.55. The van der Waals surface area contributed by atoms with Crippen molar-refractivity contribution >= 4 is 5.78 Å². The van der Waals surface area contributed by atoms with Crippen LogP contribution in [-0.4, -0.2) is 41.5 Å². The summed E-state index contributed by atoms with van der Waals surface area (Å²) in [4.78, 5) is 14.5. The van der Waals surface area contributed by atoms with Crippen LogP contribution in [-0.2, 0) is 6.42 Å². The lowest BCUT2D eigenvalue weighted by Crippen LogP contribution is -2.44. The molecule has 110 valence electrons. The highest BCUT2D eigenvalue weighted by atomic mass is 16.3. The summed E-state index contributed by atoms with van der Waals surface area (Å²) in [5, 5.41) is 9.13. The number of carbonyl (C=O) groups is 1. The van der Waals surface area contributed by atoms with Gasteiger partial charge in [-0.3, -0.25) is 9.69 Å². The van der Waals surface area contributed by atoms with Crippen LogP contribution in [0.3, 0.4) is 0 Å². The predicted molar refractivity (Wildman–Crippen MR) is 81.1 cm³/mol. The van der Waals surface area contributed by atoms with Crippen molar-refractivity contribution in [3.05, 3.63) is 35.4 Å². The Morgan fingerprint density at radius 2 is 2.00 bits per heavy atom. The average molecular weight is 275 g/mol. The van der Waals surface area contributed by atoms with Crippen LogP contribution in [0.15, 0.2) is 24.3 Å². The minimum atomic E-state index is 0.124. The Morgan fingerprint density at radius 3 is 2.50 bits per heavy atom. The van der Waals surface area contributed by atoms with Crippen molar-refractivity contribution in [3.63, 3.8) is 0 Å². The molecular weight excluding hydrogens is 250 g/mol. The topological polar surface area (TPSA) is 40.5 Å². The van der Waals surface area contributed by atoms with Crippen molar-refractivity contribution in [1.29, 1.82) is 0 Å². The van der Waals surface area contributed by atoms with Crippen molar-refractivity contribution in [2.75, 3.05) is 19.7 Å². The van der Waals surface area contributed by atoms with Crippen LogP contribution in [0.25, 0.3) is 0 Å². The first-order chi connectivity index (χ1) is 9.74. The van der Waals surface area contributed by atoms with Crippen LogP contribution in [0.4, 0.5) is 0 Å². The summed E-state index contributed by atoms with van der Waals surface area (Å²) in [6.07, 6.45) is 5.74. The van der Waals surface area contributed by atoms with E-state index in [1.165, 1.54) is 12.0 Å². The molecule has 3 nitrogen and oxygen atoms in total. The zero-order valence-corrected chi connectivity index (χ0v) is 12.3. The van der Waals surface area contributed by atoms with E-state index < -0.39 is 0 Å². The molecule has 1 N–H and O–H groups in total. The van der Waals surface area contributed by atoms with Gasteiger partial charge in [0.25, 0.3) is 0 Å². The zero-order valence-electron chi connectivity index (χ0n) is 12.3. The van der Waals surface area contributed by atoms with Gasteiger partial charge in [-0.15, -0.1) is 0 Å². The molecule has 1 aliphatic rings. The van der Waals surface area contributed by atoms with Crippen LogP contribution in [0.2, 0.25) is 0 Å². The normalized spacial score (nSPS) is 15.3. The maximum Gasteiger partial charge on any atom is 0.176 e. The third-order valence-electron chi connectivity index (χ3n) is 4.14. The van der Waals surface area contributed by atoms with Gasteiger partial charge in [0.05, 0.1) is 13.2 Å². The second-order valence-electron chi connectivity index (χ2n) is 5.65. The van der Waals surface area contributed by atoms with Gasteiger partial charge in [0, 0.05) is 18.2 Å². The fourth-order valence-corrected chi connectivity index (χ4v) is 2.69. The molecule has 0 aromatic heterocycles. The SMILES string of the molecule is CCCc1ccc(C(=O)CN(CCO)C2CCC2)cc1. The Hall–Kier alpha value is -1.19. The molecule has 0 unspecified atom stereocenters. The number of benzene rings is 1. The minimum Gasteiger partial charge on any atom is -0.395 e. The van der Waals surface area contributed by atoms with Crippen LogP contribution in [0, 0.1) is 0 Å². The van der Waals surface area contributed by atoms with E-state index in [0.29, 0.717) is 19.1 Å². The molecule has 0 amide bonds. The quantitative estimate of drug-likeness (QED) is 0.742. The van der Waals surface area contributed by atoms with Crippen LogP contribution < -0.4 is 0 Å². The monoisotopic (exact) mass is 275 g/mol. The van der Waals surface area contributed by atoms with Crippen molar-refractivity contribution in [1.82, 2.24) is 4.90 Å². The number of hydrogen-bond donors (Lipinski definition) is 1. The standard InChI is InChI=1S/C17H25NO2/c1-2-4-14-7-9-15(10-8-14)17(20)13-18(11-12-19)16-5-3-6-16/h7-10,16,19H,2-6,11-13H2,1H3. The van der Waals surface area contributed by atoms with Crippen molar-refractivity contribution in [2.45, 2.75) is 45.1 Å². The number of aliphatic hydroxyl groups is 1. The van der Waals surface area contributed by atoms with E-state index in [1.807, 2.05) is 12.1 Å². The largest absolute Gasteiger partial charge is 0.395 e. The van der Waals surface area contributed by atoms with Gasteiger partial charge in [0.1, 0.15) is 0 Å². The summed E-state index contributed by atoms with van der Waals surface area (Å²) in [5.41, 5.74) is 2.07. The molecule has 3 heteroatoms. The Bertz CT molecular complexity index is 423. The first-order valence-corrected chi connectivity index (χ1v) is 7.71. The number of Topliss-reactive ketones (excluding diaryl/α,β-unsaturated/α-hetero) is 1. The molecule has 0 spiro atoms. The Morgan fingerprint density at radius 1 is 1.30 bits per heavy atom. The predicted octanol–water partition coefficient (Wildman–Crippen LogP) is 2.67. The van der Waals surface area contributed by atoms with Crippen molar-refractivity contribution in [2.24, 2.45) is 0 Å². The summed E-state index contributed by atoms with van der Waals surface area (Å²) >= 11 is 0. The maximum atomic E-state index is 12.3. The average Bonchev–Trinajstić information content (AvgIpc) is 2.38. The molecule has 0 radical (unpaired) electrons. The maximum absolute atomic E-state index is 12.3. The lowest BCUT2D eigenvalue weighted by molar-refractivity contribution is 0.0747. The van der Waals surface area contributed by atoms with Crippen molar-refractivity contribution < 1.29 is 9.90 Å². The number of rotatable bonds is 8. The zero-order chi connectivity index (χ0) is 14.4. The van der Waals surface area contributed by atoms with Gasteiger partial charge in [-0.2, -0.15) is 0 Å². The van der Waals surface area contributed by atoms with Gasteiger partial charge in [0.15, 0.2) is 5.78 Å². The summed E-state index contributed by atoms with van der Waals surface area (Å²) < 4.78 is 0. The van der Waals surface area contributed by atoms with Gasteiger partial charge < -0.3 is 5.11 Å². The van der Waals surface area contributed by atoms with E-state index >= 15 is 0 Å². The van der Waals surface area contributed by atoms with E-state index in [2.05, 4.69) is 24.0 Å². The molecule has 0 bridgehead atoms. The summed E-state index contributed by atoms with van der Waals surface area (Å²) in [6, 6.07) is 8.47. The third-order valence-corrected chi connectivity index (χ3v) is 4.14. The first-order valence-electron chi connectivity index (χ1n) is 7.71. The van der Waals surface area contributed by atoms with E-state index in [9.17, 15) is 4.79 Å². The van der Waals surface area contributed by atoms with Gasteiger partial charge in [-0.1, -0.05) is 44.0 Å². The Kier molecular flexibility index (Phi) is 5.74. The Labute approximate surface area is 121 Å². The number of carbonyl (C=O) groups excluding carboxylic acids is 1. The number of hydrogen-bond acceptors (Lipinski definition) is 3. The molecule has 0 atom stereocenters. The van der Waals surface area contributed by atoms with Gasteiger partial charge >= 0.3 is 0 Å². The molecule has 1 aliphatic carbocycles. The van der Waals surface area contributed by atoms with E-state index in [4.69, 9.17) is 5.11 Å². The molecule has 1 fully saturated rings. The first kappa shape index (κ1) is 15.2. The molecular formula is C17H25NO2. The summed E-state index contributed by atoms with van der Waals surface area (Å²) in [6.45, 7) is 3.31. The fourth-order valence-electron chi connectivity index (χ4n) is 2.69. The van der Waals surface area contributed by atoms with Gasteiger partial charge in [-0.25, -0.2) is 0 Å². The molecule has 20 heavy (non-hydrogen) atoms. The lowest BCUT2D eigenvalue weighted by Gasteiger charge is -2.36. The molecule has 0 heterocycles. The molecule has 0 aliphatic heterocycles. The number of aliphatic hydroxyl groups excluding tert-OH is 1. The van der Waals surface area contributed by atoms with Crippen LogP contribution in [0.5, 0.6) is 0 Å². The van der Waals surface area contributed by atoms with Crippen LogP contribution in [0.1, 0.15) is 48.5 Å². The third kappa shape index (κ3) is 3.90.